The zero-order valence-corrected chi connectivity index (χ0v) is 7.97. The van der Waals surface area contributed by atoms with Crippen LogP contribution in [0, 0.1) is 16.0 Å². The topological polar surface area (TPSA) is 115 Å². The van der Waals surface area contributed by atoms with Gasteiger partial charge in [-0.3, -0.25) is 14.9 Å². The summed E-state index contributed by atoms with van der Waals surface area (Å²) in [5.41, 5.74) is -0.452. The molecule has 1 aliphatic carbocycles. The van der Waals surface area contributed by atoms with Gasteiger partial charge in [-0.25, -0.2) is 0 Å². The second kappa shape index (κ2) is 4.05. The molecule has 8 heteroatoms. The molecule has 0 heterocycles. The smallest absolute Gasteiger partial charge is 0.315 e. The fraction of sp³-hybridized carbons (Fsp3) is 0.143. The molecule has 0 aromatic heterocycles. The summed E-state index contributed by atoms with van der Waals surface area (Å²) in [6, 6.07) is 0. The molecule has 0 fully saturated rings. The van der Waals surface area contributed by atoms with Crippen LogP contribution in [0.15, 0.2) is 23.9 Å². The van der Waals surface area contributed by atoms with E-state index in [2.05, 4.69) is 0 Å². The maximum atomic E-state index is 10.6. The summed E-state index contributed by atoms with van der Waals surface area (Å²) >= 11 is 0. The van der Waals surface area contributed by atoms with E-state index >= 15 is 0 Å². The van der Waals surface area contributed by atoms with Crippen molar-refractivity contribution in [3.63, 3.8) is 0 Å². The number of hydrogen-bond acceptors (Lipinski definition) is 5. The highest BCUT2D eigenvalue weighted by molar-refractivity contribution is 7.73. The van der Waals surface area contributed by atoms with Gasteiger partial charge in [0.25, 0.3) is 5.70 Å². The third-order valence-corrected chi connectivity index (χ3v) is 2.48. The van der Waals surface area contributed by atoms with Gasteiger partial charge in [0.15, 0.2) is 0 Å². The van der Waals surface area contributed by atoms with E-state index in [-0.39, 0.29) is 0 Å². The molecule has 0 radical (unpaired) electrons. The molecule has 7 nitrogen and oxygen atoms in total. The van der Waals surface area contributed by atoms with Gasteiger partial charge in [0.2, 0.25) is 10.3 Å². The normalized spacial score (nSPS) is 19.6. The Morgan fingerprint density at radius 3 is 2.53 bits per heavy atom. The SMILES string of the molecule is O=C(O)C1C=CC([N+](=O)[O-])=CC1=S(=O)=O. The Bertz CT molecular complexity index is 504. The Kier molecular flexibility index (Phi) is 3.00. The van der Waals surface area contributed by atoms with Crippen LogP contribution in [0.5, 0.6) is 0 Å². The largest absolute Gasteiger partial charge is 0.481 e. The molecule has 1 N–H and O–H groups in total. The molecular formula is C7H5NO6S. The quantitative estimate of drug-likeness (QED) is 0.388. The molecule has 1 atom stereocenters. The lowest BCUT2D eigenvalue weighted by Gasteiger charge is -2.07. The number of carboxylic acid groups (broad SMARTS) is 1. The van der Waals surface area contributed by atoms with Crippen molar-refractivity contribution in [1.29, 1.82) is 0 Å². The summed E-state index contributed by atoms with van der Waals surface area (Å²) in [5, 5.41) is 19.0. The maximum absolute atomic E-state index is 10.6. The number of carboxylic acids is 1. The molecule has 0 bridgehead atoms. The fourth-order valence-electron chi connectivity index (χ4n) is 1.04. The van der Waals surface area contributed by atoms with Gasteiger partial charge < -0.3 is 5.11 Å². The van der Waals surface area contributed by atoms with Crippen LogP contribution in [0.2, 0.25) is 0 Å². The maximum Gasteiger partial charge on any atom is 0.315 e. The summed E-state index contributed by atoms with van der Waals surface area (Å²) < 4.78 is 21.3. The first-order chi connectivity index (χ1) is 6.93. The Hall–Kier alpha value is -1.96. The van der Waals surface area contributed by atoms with Gasteiger partial charge >= 0.3 is 5.97 Å². The van der Waals surface area contributed by atoms with E-state index in [0.29, 0.717) is 0 Å². The van der Waals surface area contributed by atoms with E-state index < -0.39 is 37.7 Å². The molecule has 0 aromatic rings. The molecule has 1 rings (SSSR count). The average molecular weight is 231 g/mol. The molecule has 0 saturated heterocycles. The number of hydrogen-bond donors (Lipinski definition) is 1. The molecule has 1 unspecified atom stereocenters. The molecule has 80 valence electrons. The lowest BCUT2D eigenvalue weighted by atomic mass is 10.00. The van der Waals surface area contributed by atoms with Gasteiger partial charge in [0.05, 0.1) is 9.79 Å². The van der Waals surface area contributed by atoms with Gasteiger partial charge in [-0.15, -0.1) is 0 Å². The van der Waals surface area contributed by atoms with Crippen molar-refractivity contribution >= 4 is 21.1 Å². The molecule has 0 spiro atoms. The zero-order chi connectivity index (χ0) is 11.6. The number of aliphatic carboxylic acids is 1. The monoisotopic (exact) mass is 231 g/mol. The molecule has 0 amide bonds. The van der Waals surface area contributed by atoms with Crippen molar-refractivity contribution in [2.45, 2.75) is 0 Å². The summed E-state index contributed by atoms with van der Waals surface area (Å²) in [7, 11) is -2.79. The van der Waals surface area contributed by atoms with Crippen LogP contribution in [0.3, 0.4) is 0 Å². The second-order valence-electron chi connectivity index (χ2n) is 2.64. The van der Waals surface area contributed by atoms with Crippen molar-refractivity contribution in [2.75, 3.05) is 0 Å². The highest BCUT2D eigenvalue weighted by atomic mass is 32.2. The highest BCUT2D eigenvalue weighted by Crippen LogP contribution is 2.14. The number of allylic oxidation sites excluding steroid dienone is 2. The third kappa shape index (κ3) is 2.29. The number of nitro groups is 1. The van der Waals surface area contributed by atoms with Crippen molar-refractivity contribution in [3.8, 4) is 0 Å². The van der Waals surface area contributed by atoms with Crippen molar-refractivity contribution in [3.05, 3.63) is 34.0 Å². The van der Waals surface area contributed by atoms with E-state index in [9.17, 15) is 23.3 Å². The minimum absolute atomic E-state index is 0.452. The van der Waals surface area contributed by atoms with Crippen molar-refractivity contribution in [2.24, 2.45) is 5.92 Å². The molecule has 0 saturated carbocycles. The van der Waals surface area contributed by atoms with Gasteiger partial charge in [-0.05, 0) is 0 Å². The minimum Gasteiger partial charge on any atom is -0.481 e. The number of nitrogens with zero attached hydrogens (tertiary/aromatic N) is 1. The summed E-state index contributed by atoms with van der Waals surface area (Å²) in [5.74, 6) is -2.73. The highest BCUT2D eigenvalue weighted by Gasteiger charge is 2.27. The van der Waals surface area contributed by atoms with Crippen LogP contribution in [-0.2, 0) is 15.1 Å². The standard InChI is InChI=1S/C7H5NO6S/c9-7(10)5-2-1-4(8(11)12)3-6(5)15(13)14/h1-3,5H,(H,9,10). The van der Waals surface area contributed by atoms with Gasteiger partial charge in [0, 0.05) is 12.2 Å². The zero-order valence-electron chi connectivity index (χ0n) is 7.15. The van der Waals surface area contributed by atoms with Crippen LogP contribution in [-0.4, -0.2) is 29.3 Å². The Morgan fingerprint density at radius 1 is 1.53 bits per heavy atom. The van der Waals surface area contributed by atoms with E-state index in [4.69, 9.17) is 5.11 Å². The summed E-state index contributed by atoms with van der Waals surface area (Å²) in [6.45, 7) is 0. The molecule has 1 aliphatic rings. The predicted octanol–water partition coefficient (Wildman–Crippen LogP) is -0.531. The van der Waals surface area contributed by atoms with Gasteiger partial charge in [0.1, 0.15) is 5.92 Å². The lowest BCUT2D eigenvalue weighted by molar-refractivity contribution is -0.418. The van der Waals surface area contributed by atoms with Gasteiger partial charge in [-0.1, -0.05) is 6.08 Å². The molecule has 0 aliphatic heterocycles. The Morgan fingerprint density at radius 2 is 2.13 bits per heavy atom. The first kappa shape index (κ1) is 11.1. The molecule has 0 aromatic carbocycles. The molecular weight excluding hydrogens is 226 g/mol. The van der Waals surface area contributed by atoms with E-state index in [1.165, 1.54) is 0 Å². The summed E-state index contributed by atoms with van der Waals surface area (Å²) in [6.07, 6.45) is 2.67. The van der Waals surface area contributed by atoms with Crippen LogP contribution < -0.4 is 0 Å². The summed E-state index contributed by atoms with van der Waals surface area (Å²) in [4.78, 5) is 19.6. The predicted molar refractivity (Wildman–Crippen MR) is 49.3 cm³/mol. The molecule has 15 heavy (non-hydrogen) atoms. The number of rotatable bonds is 2. The van der Waals surface area contributed by atoms with E-state index in [0.717, 1.165) is 18.2 Å². The Labute approximate surface area is 85.0 Å². The van der Waals surface area contributed by atoms with Crippen LogP contribution in [0.1, 0.15) is 0 Å². The van der Waals surface area contributed by atoms with Gasteiger partial charge in [-0.2, -0.15) is 8.42 Å². The Balaban J connectivity index is 3.30. The second-order valence-corrected chi connectivity index (χ2v) is 3.58. The lowest BCUT2D eigenvalue weighted by Crippen LogP contribution is -2.24. The third-order valence-electron chi connectivity index (χ3n) is 1.73. The fourth-order valence-corrected chi connectivity index (χ4v) is 1.65. The first-order valence-corrected chi connectivity index (χ1v) is 4.74. The van der Waals surface area contributed by atoms with Crippen LogP contribution in [0.25, 0.3) is 0 Å². The van der Waals surface area contributed by atoms with Crippen LogP contribution in [0.4, 0.5) is 0 Å². The average Bonchev–Trinajstić information content (AvgIpc) is 2.16. The number of carbonyl (C=O) groups is 1. The van der Waals surface area contributed by atoms with E-state index in [1.54, 1.807) is 0 Å². The van der Waals surface area contributed by atoms with Crippen LogP contribution >= 0.6 is 0 Å². The van der Waals surface area contributed by atoms with Crippen molar-refractivity contribution < 1.29 is 23.2 Å². The van der Waals surface area contributed by atoms with Crippen molar-refractivity contribution in [1.82, 2.24) is 0 Å². The first-order valence-electron chi connectivity index (χ1n) is 3.66. The van der Waals surface area contributed by atoms with E-state index in [1.807, 2.05) is 0 Å². The minimum atomic E-state index is -2.79.